The topological polar surface area (TPSA) is 98.3 Å². The van der Waals surface area contributed by atoms with Gasteiger partial charge in [0.1, 0.15) is 5.69 Å². The van der Waals surface area contributed by atoms with Crippen molar-refractivity contribution >= 4 is 5.91 Å². The van der Waals surface area contributed by atoms with Crippen LogP contribution >= 0.6 is 0 Å². The number of amides is 1. The second kappa shape index (κ2) is 5.74. The van der Waals surface area contributed by atoms with Crippen molar-refractivity contribution in [2.75, 3.05) is 27.2 Å². The predicted octanol–water partition coefficient (Wildman–Crippen LogP) is -1.19. The van der Waals surface area contributed by atoms with E-state index in [1.165, 1.54) is 6.20 Å². The van der Waals surface area contributed by atoms with Crippen molar-refractivity contribution in [3.63, 3.8) is 0 Å². The maximum Gasteiger partial charge on any atom is 0.271 e. The number of carbonyl (C=O) groups is 1. The van der Waals surface area contributed by atoms with E-state index in [0.29, 0.717) is 6.54 Å². The molecule has 100 valence electrons. The molecule has 3 N–H and O–H groups in total. The molecule has 7 nitrogen and oxygen atoms in total. The number of nitrogens with zero attached hydrogens (tertiary/aromatic N) is 2. The van der Waals surface area contributed by atoms with Crippen molar-refractivity contribution in [1.82, 2.24) is 20.2 Å². The summed E-state index contributed by atoms with van der Waals surface area (Å²) in [6, 6.07) is 0. The molecule has 0 fully saturated rings. The number of aromatic nitrogens is 2. The number of H-pyrrole nitrogens is 1. The van der Waals surface area contributed by atoms with Gasteiger partial charge in [0.05, 0.1) is 11.8 Å². The zero-order valence-electron chi connectivity index (χ0n) is 10.7. The molecule has 18 heavy (non-hydrogen) atoms. The van der Waals surface area contributed by atoms with Crippen LogP contribution in [0.1, 0.15) is 17.4 Å². The molecule has 0 radical (unpaired) electrons. The van der Waals surface area contributed by atoms with Crippen LogP contribution in [0.15, 0.2) is 17.2 Å². The van der Waals surface area contributed by atoms with E-state index in [0.717, 1.165) is 6.20 Å². The third-order valence-electron chi connectivity index (χ3n) is 2.19. The van der Waals surface area contributed by atoms with Crippen molar-refractivity contribution in [3.8, 4) is 0 Å². The van der Waals surface area contributed by atoms with Crippen LogP contribution in [-0.4, -0.2) is 58.7 Å². The predicted molar refractivity (Wildman–Crippen MR) is 66.4 cm³/mol. The molecule has 0 aliphatic rings. The van der Waals surface area contributed by atoms with Crippen LogP contribution in [0, 0.1) is 0 Å². The molecule has 1 rings (SSSR count). The molecule has 1 amide bonds. The van der Waals surface area contributed by atoms with E-state index in [1.54, 1.807) is 6.92 Å². The Labute approximate surface area is 105 Å². The molecule has 0 aromatic carbocycles. The zero-order valence-corrected chi connectivity index (χ0v) is 10.7. The number of aliphatic hydroxyl groups is 1. The van der Waals surface area contributed by atoms with Gasteiger partial charge in [-0.2, -0.15) is 0 Å². The van der Waals surface area contributed by atoms with Gasteiger partial charge in [0.2, 0.25) is 0 Å². The lowest BCUT2D eigenvalue weighted by Crippen LogP contribution is -2.47. The van der Waals surface area contributed by atoms with Crippen LogP contribution in [0.2, 0.25) is 0 Å². The van der Waals surface area contributed by atoms with E-state index >= 15 is 0 Å². The normalized spacial score (nSPS) is 14.3. The van der Waals surface area contributed by atoms with E-state index in [4.69, 9.17) is 0 Å². The summed E-state index contributed by atoms with van der Waals surface area (Å²) < 4.78 is 0. The van der Waals surface area contributed by atoms with Crippen LogP contribution in [0.4, 0.5) is 0 Å². The maximum atomic E-state index is 11.7. The molecule has 1 heterocycles. The molecule has 1 aromatic heterocycles. The van der Waals surface area contributed by atoms with Gasteiger partial charge in [0.15, 0.2) is 0 Å². The summed E-state index contributed by atoms with van der Waals surface area (Å²) in [5.74, 6) is -0.440. The van der Waals surface area contributed by atoms with Crippen LogP contribution in [0.3, 0.4) is 0 Å². The number of hydrogen-bond acceptors (Lipinski definition) is 5. The molecule has 0 saturated carbocycles. The molecule has 0 aliphatic carbocycles. The van der Waals surface area contributed by atoms with E-state index in [-0.39, 0.29) is 17.8 Å². The van der Waals surface area contributed by atoms with Crippen molar-refractivity contribution in [1.29, 1.82) is 0 Å². The Bertz CT molecular complexity index is 447. The highest BCUT2D eigenvalue weighted by Crippen LogP contribution is 2.02. The first-order valence-electron chi connectivity index (χ1n) is 5.50. The minimum atomic E-state index is -1.03. The van der Waals surface area contributed by atoms with Gasteiger partial charge in [-0.3, -0.25) is 9.59 Å². The van der Waals surface area contributed by atoms with Crippen LogP contribution in [0.5, 0.6) is 0 Å². The Morgan fingerprint density at radius 1 is 1.61 bits per heavy atom. The lowest BCUT2D eigenvalue weighted by Gasteiger charge is -2.26. The molecule has 7 heteroatoms. The first-order valence-corrected chi connectivity index (χ1v) is 5.50. The molecule has 0 saturated heterocycles. The number of nitrogens with one attached hydrogen (secondary N) is 2. The number of carbonyl (C=O) groups excluding carboxylic acids is 1. The van der Waals surface area contributed by atoms with Crippen molar-refractivity contribution in [2.24, 2.45) is 0 Å². The van der Waals surface area contributed by atoms with Gasteiger partial charge in [-0.25, -0.2) is 4.98 Å². The third kappa shape index (κ3) is 4.64. The van der Waals surface area contributed by atoms with Gasteiger partial charge >= 0.3 is 0 Å². The van der Waals surface area contributed by atoms with E-state index < -0.39 is 11.5 Å². The summed E-state index contributed by atoms with van der Waals surface area (Å²) in [7, 11) is 3.67. The maximum absolute atomic E-state index is 11.7. The number of aromatic amines is 1. The lowest BCUT2D eigenvalue weighted by atomic mass is 10.1. The molecule has 1 unspecified atom stereocenters. The number of hydrogen-bond donors (Lipinski definition) is 3. The average Bonchev–Trinajstić information content (AvgIpc) is 2.25. The molecule has 0 spiro atoms. The fourth-order valence-electron chi connectivity index (χ4n) is 1.56. The minimum Gasteiger partial charge on any atom is -0.387 e. The fourth-order valence-corrected chi connectivity index (χ4v) is 1.56. The monoisotopic (exact) mass is 254 g/mol. The average molecular weight is 254 g/mol. The molecule has 0 bridgehead atoms. The smallest absolute Gasteiger partial charge is 0.271 e. The fraction of sp³-hybridized carbons (Fsp3) is 0.545. The highest BCUT2D eigenvalue weighted by Gasteiger charge is 2.22. The first kappa shape index (κ1) is 14.3. The van der Waals surface area contributed by atoms with Gasteiger partial charge in [-0.15, -0.1) is 0 Å². The van der Waals surface area contributed by atoms with Gasteiger partial charge < -0.3 is 20.3 Å². The van der Waals surface area contributed by atoms with Crippen LogP contribution in [0.25, 0.3) is 0 Å². The minimum absolute atomic E-state index is 0.102. The summed E-state index contributed by atoms with van der Waals surface area (Å²) in [4.78, 5) is 30.3. The van der Waals surface area contributed by atoms with Gasteiger partial charge in [-0.1, -0.05) is 0 Å². The van der Waals surface area contributed by atoms with E-state index in [1.807, 2.05) is 19.0 Å². The number of likely N-dealkylation sites (N-methyl/N-ethyl adjacent to an activating group) is 1. The molecular weight excluding hydrogens is 236 g/mol. The molecule has 0 aliphatic heterocycles. The number of rotatable bonds is 5. The van der Waals surface area contributed by atoms with Crippen LogP contribution in [-0.2, 0) is 0 Å². The van der Waals surface area contributed by atoms with Crippen molar-refractivity contribution in [3.05, 3.63) is 28.4 Å². The largest absolute Gasteiger partial charge is 0.387 e. The lowest BCUT2D eigenvalue weighted by molar-refractivity contribution is 0.0325. The second-order valence-electron chi connectivity index (χ2n) is 4.71. The van der Waals surface area contributed by atoms with Gasteiger partial charge in [0, 0.05) is 19.3 Å². The summed E-state index contributed by atoms with van der Waals surface area (Å²) >= 11 is 0. The van der Waals surface area contributed by atoms with Crippen molar-refractivity contribution in [2.45, 2.75) is 12.5 Å². The standard InChI is InChI=1S/C11H18N4O3/c1-11(18,7-15(2)3)6-14-10(17)8-4-13-9(16)5-12-8/h4-5,18H,6-7H2,1-3H3,(H,13,16)(H,14,17). The summed E-state index contributed by atoms with van der Waals surface area (Å²) in [5, 5.41) is 12.6. The third-order valence-corrected chi connectivity index (χ3v) is 2.19. The van der Waals surface area contributed by atoms with Gasteiger partial charge in [-0.05, 0) is 21.0 Å². The summed E-state index contributed by atoms with van der Waals surface area (Å²) in [6.45, 7) is 2.16. The second-order valence-corrected chi connectivity index (χ2v) is 4.71. The quantitative estimate of drug-likeness (QED) is 0.614. The Hall–Kier alpha value is -1.73. The van der Waals surface area contributed by atoms with Gasteiger partial charge in [0.25, 0.3) is 11.5 Å². The van der Waals surface area contributed by atoms with E-state index in [9.17, 15) is 14.7 Å². The highest BCUT2D eigenvalue weighted by molar-refractivity contribution is 5.91. The van der Waals surface area contributed by atoms with Crippen LogP contribution < -0.4 is 10.9 Å². The Kier molecular flexibility index (Phi) is 4.57. The Morgan fingerprint density at radius 2 is 2.28 bits per heavy atom. The van der Waals surface area contributed by atoms with Crippen molar-refractivity contribution < 1.29 is 9.90 Å². The molecular formula is C11H18N4O3. The zero-order chi connectivity index (χ0) is 13.8. The first-order chi connectivity index (χ1) is 8.30. The summed E-state index contributed by atoms with van der Waals surface area (Å²) in [6.07, 6.45) is 2.27. The highest BCUT2D eigenvalue weighted by atomic mass is 16.3. The Balaban J connectivity index is 2.56. The van der Waals surface area contributed by atoms with E-state index in [2.05, 4.69) is 15.3 Å². The Morgan fingerprint density at radius 3 is 2.78 bits per heavy atom. The molecule has 1 aromatic rings. The SMILES string of the molecule is CN(C)CC(C)(O)CNC(=O)c1c[nH]c(=O)cn1. The molecule has 1 atom stereocenters. The summed E-state index contributed by atoms with van der Waals surface area (Å²) in [5.41, 5.74) is -1.29.